The summed E-state index contributed by atoms with van der Waals surface area (Å²) in [6.07, 6.45) is 0. The number of aromatic nitrogens is 3. The van der Waals surface area contributed by atoms with Crippen molar-refractivity contribution in [2.75, 3.05) is 0 Å². The molecule has 2 rings (SSSR count). The molecule has 0 aliphatic rings. The van der Waals surface area contributed by atoms with Gasteiger partial charge in [-0.1, -0.05) is 11.6 Å². The van der Waals surface area contributed by atoms with Gasteiger partial charge in [-0.25, -0.2) is 9.78 Å². The molecule has 0 amide bonds. The molecule has 0 aliphatic heterocycles. The van der Waals surface area contributed by atoms with E-state index >= 15 is 0 Å². The van der Waals surface area contributed by atoms with Crippen LogP contribution < -0.4 is 0 Å². The molecule has 0 fully saturated rings. The predicted octanol–water partition coefficient (Wildman–Crippen LogP) is 1.62. The minimum atomic E-state index is -1.04. The van der Waals surface area contributed by atoms with E-state index in [-0.39, 0.29) is 10.7 Å². The molecule has 0 aromatic carbocycles. The lowest BCUT2D eigenvalue weighted by atomic mass is 10.1. The van der Waals surface area contributed by atoms with Crippen LogP contribution in [-0.2, 0) is 0 Å². The van der Waals surface area contributed by atoms with E-state index in [1.165, 1.54) is 6.07 Å². The molecule has 0 saturated carbocycles. The van der Waals surface area contributed by atoms with E-state index in [0.29, 0.717) is 16.7 Å². The molecule has 0 unspecified atom stereocenters. The summed E-state index contributed by atoms with van der Waals surface area (Å²) >= 11 is 5.65. The fourth-order valence-corrected chi connectivity index (χ4v) is 1.50. The summed E-state index contributed by atoms with van der Waals surface area (Å²) in [6.45, 7) is 1.73. The minimum absolute atomic E-state index is 0.117. The minimum Gasteiger partial charge on any atom is -0.478 e. The molecular formula is C8H6ClN3O2. The number of aryl methyl sites for hydroxylation is 1. The third kappa shape index (κ3) is 1.22. The number of carbonyl (C=O) groups is 1. The molecule has 0 bridgehead atoms. The molecule has 0 spiro atoms. The maximum absolute atomic E-state index is 10.9. The van der Waals surface area contributed by atoms with Crippen molar-refractivity contribution >= 4 is 28.6 Å². The van der Waals surface area contributed by atoms with Crippen LogP contribution in [0.4, 0.5) is 0 Å². The number of carboxylic acid groups (broad SMARTS) is 1. The summed E-state index contributed by atoms with van der Waals surface area (Å²) in [6, 6.07) is 1.31. The smallest absolute Gasteiger partial charge is 0.336 e. The Bertz CT molecular complexity index is 521. The van der Waals surface area contributed by atoms with Gasteiger partial charge in [0, 0.05) is 5.69 Å². The average Bonchev–Trinajstić information content (AvgIpc) is 2.46. The highest BCUT2D eigenvalue weighted by molar-refractivity contribution is 6.30. The molecule has 2 N–H and O–H groups in total. The van der Waals surface area contributed by atoms with Crippen molar-refractivity contribution in [3.8, 4) is 0 Å². The number of hydrogen-bond donors (Lipinski definition) is 2. The number of H-pyrrole nitrogens is 1. The van der Waals surface area contributed by atoms with Crippen LogP contribution in [0.1, 0.15) is 16.1 Å². The zero-order valence-corrected chi connectivity index (χ0v) is 7.96. The van der Waals surface area contributed by atoms with Crippen LogP contribution in [-0.4, -0.2) is 26.3 Å². The summed E-state index contributed by atoms with van der Waals surface area (Å²) in [5.41, 5.74) is 1.11. The number of carboxylic acids is 1. The summed E-state index contributed by atoms with van der Waals surface area (Å²) in [4.78, 5) is 14.8. The molecule has 2 aromatic heterocycles. The topological polar surface area (TPSA) is 78.9 Å². The van der Waals surface area contributed by atoms with Crippen LogP contribution in [0, 0.1) is 6.92 Å². The molecule has 5 nitrogen and oxygen atoms in total. The van der Waals surface area contributed by atoms with Gasteiger partial charge in [-0.05, 0) is 13.0 Å². The van der Waals surface area contributed by atoms with Crippen LogP contribution in [0.2, 0.25) is 5.15 Å². The molecule has 0 aliphatic carbocycles. The third-order valence-corrected chi connectivity index (χ3v) is 2.10. The van der Waals surface area contributed by atoms with E-state index in [1.807, 2.05) is 0 Å². The van der Waals surface area contributed by atoms with Gasteiger partial charge in [0.05, 0.1) is 10.9 Å². The predicted molar refractivity (Wildman–Crippen MR) is 50.6 cm³/mol. The van der Waals surface area contributed by atoms with Crippen LogP contribution in [0.5, 0.6) is 0 Å². The Labute approximate surface area is 83.7 Å². The summed E-state index contributed by atoms with van der Waals surface area (Å²) in [5.74, 6) is -1.04. The monoisotopic (exact) mass is 211 g/mol. The Balaban J connectivity index is 2.90. The largest absolute Gasteiger partial charge is 0.478 e. The average molecular weight is 212 g/mol. The van der Waals surface area contributed by atoms with E-state index in [2.05, 4.69) is 15.2 Å². The van der Waals surface area contributed by atoms with Gasteiger partial charge in [0.1, 0.15) is 5.15 Å². The molecule has 0 radical (unpaired) electrons. The van der Waals surface area contributed by atoms with Crippen LogP contribution in [0.25, 0.3) is 11.0 Å². The number of nitrogens with zero attached hydrogens (tertiary/aromatic N) is 2. The quantitative estimate of drug-likeness (QED) is 0.703. The molecule has 6 heteroatoms. The molecule has 72 valence electrons. The van der Waals surface area contributed by atoms with Gasteiger partial charge in [0.15, 0.2) is 5.65 Å². The van der Waals surface area contributed by atoms with Crippen LogP contribution in [0.3, 0.4) is 0 Å². The van der Waals surface area contributed by atoms with E-state index in [9.17, 15) is 4.79 Å². The number of aromatic carboxylic acids is 1. The van der Waals surface area contributed by atoms with Crippen molar-refractivity contribution in [1.82, 2.24) is 15.2 Å². The zero-order chi connectivity index (χ0) is 10.3. The fraction of sp³-hybridized carbons (Fsp3) is 0.125. The van der Waals surface area contributed by atoms with Gasteiger partial charge in [-0.2, -0.15) is 5.10 Å². The first-order valence-corrected chi connectivity index (χ1v) is 4.22. The normalized spacial score (nSPS) is 10.7. The lowest BCUT2D eigenvalue weighted by molar-refractivity contribution is 0.0699. The number of aromatic amines is 1. The summed E-state index contributed by atoms with van der Waals surface area (Å²) in [7, 11) is 0. The summed E-state index contributed by atoms with van der Waals surface area (Å²) in [5, 5.41) is 16.1. The van der Waals surface area contributed by atoms with Crippen LogP contribution in [0.15, 0.2) is 6.07 Å². The number of nitrogens with one attached hydrogen (secondary N) is 1. The number of rotatable bonds is 1. The Morgan fingerprint density at radius 1 is 1.64 bits per heavy atom. The Morgan fingerprint density at radius 2 is 2.36 bits per heavy atom. The van der Waals surface area contributed by atoms with Crippen molar-refractivity contribution in [2.45, 2.75) is 6.92 Å². The van der Waals surface area contributed by atoms with E-state index in [1.54, 1.807) is 6.92 Å². The molecule has 0 atom stereocenters. The highest BCUT2D eigenvalue weighted by Crippen LogP contribution is 2.21. The first-order valence-electron chi connectivity index (χ1n) is 3.84. The second-order valence-electron chi connectivity index (χ2n) is 2.84. The molecule has 2 heterocycles. The van der Waals surface area contributed by atoms with Crippen molar-refractivity contribution in [3.63, 3.8) is 0 Å². The fourth-order valence-electron chi connectivity index (χ4n) is 1.31. The second kappa shape index (κ2) is 2.95. The lowest BCUT2D eigenvalue weighted by Crippen LogP contribution is -1.98. The number of halogens is 1. The maximum atomic E-state index is 10.9. The molecular weight excluding hydrogens is 206 g/mol. The standard InChI is InChI=1S/C8H6ClN3O2/c1-3-6-4(8(13)14)2-5(9)10-7(6)12-11-3/h2H,1H3,(H,13,14)(H,10,11,12). The Morgan fingerprint density at radius 3 is 3.00 bits per heavy atom. The van der Waals surface area contributed by atoms with Crippen molar-refractivity contribution in [2.24, 2.45) is 0 Å². The highest BCUT2D eigenvalue weighted by atomic mass is 35.5. The molecule has 0 saturated heterocycles. The van der Waals surface area contributed by atoms with Gasteiger partial charge < -0.3 is 5.11 Å². The van der Waals surface area contributed by atoms with Crippen molar-refractivity contribution < 1.29 is 9.90 Å². The number of fused-ring (bicyclic) bond motifs is 1. The lowest BCUT2D eigenvalue weighted by Gasteiger charge is -1.97. The van der Waals surface area contributed by atoms with Gasteiger partial charge >= 0.3 is 5.97 Å². The Hall–Kier alpha value is -1.62. The third-order valence-electron chi connectivity index (χ3n) is 1.90. The first kappa shape index (κ1) is 8.96. The van der Waals surface area contributed by atoms with E-state index in [0.717, 1.165) is 0 Å². The van der Waals surface area contributed by atoms with Gasteiger partial charge in [-0.3, -0.25) is 5.10 Å². The first-order chi connectivity index (χ1) is 6.59. The van der Waals surface area contributed by atoms with Crippen molar-refractivity contribution in [1.29, 1.82) is 0 Å². The Kier molecular flexibility index (Phi) is 1.89. The van der Waals surface area contributed by atoms with Crippen molar-refractivity contribution in [3.05, 3.63) is 22.5 Å². The molecule has 2 aromatic rings. The second-order valence-corrected chi connectivity index (χ2v) is 3.23. The van der Waals surface area contributed by atoms with Gasteiger partial charge in [0.2, 0.25) is 0 Å². The zero-order valence-electron chi connectivity index (χ0n) is 7.21. The highest BCUT2D eigenvalue weighted by Gasteiger charge is 2.15. The number of hydrogen-bond acceptors (Lipinski definition) is 3. The maximum Gasteiger partial charge on any atom is 0.336 e. The van der Waals surface area contributed by atoms with Crippen LogP contribution >= 0.6 is 11.6 Å². The van der Waals surface area contributed by atoms with Gasteiger partial charge in [-0.15, -0.1) is 0 Å². The summed E-state index contributed by atoms with van der Waals surface area (Å²) < 4.78 is 0. The SMILES string of the molecule is Cc1[nH]nc2nc(Cl)cc(C(=O)O)c12. The molecule has 14 heavy (non-hydrogen) atoms. The van der Waals surface area contributed by atoms with Gasteiger partial charge in [0.25, 0.3) is 0 Å². The number of pyridine rings is 1. The van der Waals surface area contributed by atoms with E-state index in [4.69, 9.17) is 16.7 Å². The van der Waals surface area contributed by atoms with E-state index < -0.39 is 5.97 Å².